The van der Waals surface area contributed by atoms with Crippen LogP contribution in [0.15, 0.2) is 90.1 Å². The fourth-order valence-corrected chi connectivity index (χ4v) is 6.35. The van der Waals surface area contributed by atoms with Crippen molar-refractivity contribution in [3.05, 3.63) is 117 Å². The molecule has 0 bridgehead atoms. The minimum atomic E-state index is -0.552. The van der Waals surface area contributed by atoms with E-state index in [2.05, 4.69) is 29.2 Å². The number of benzene rings is 3. The van der Waals surface area contributed by atoms with E-state index in [1.165, 1.54) is 16.0 Å². The molecule has 0 N–H and O–H groups in total. The smallest absolute Gasteiger partial charge is 0.336 e. The van der Waals surface area contributed by atoms with Crippen LogP contribution >= 0.6 is 23.2 Å². The van der Waals surface area contributed by atoms with Gasteiger partial charge in [-0.3, -0.25) is 14.5 Å². The van der Waals surface area contributed by atoms with Gasteiger partial charge in [0.05, 0.1) is 28.3 Å². The molecule has 2 aliphatic heterocycles. The molecule has 0 aliphatic carbocycles. The number of esters is 1. The minimum Gasteiger partial charge on any atom is -0.463 e. The number of amides is 2. The summed E-state index contributed by atoms with van der Waals surface area (Å²) < 4.78 is 5.37. The second-order valence-electron chi connectivity index (χ2n) is 10.8. The van der Waals surface area contributed by atoms with Crippen molar-refractivity contribution in [2.24, 2.45) is 0 Å². The van der Waals surface area contributed by atoms with Crippen LogP contribution in [-0.4, -0.2) is 71.8 Å². The molecule has 3 aromatic rings. The number of halogens is 2. The normalized spacial score (nSPS) is 17.9. The number of carbonyl (C=O) groups excluding carboxylic acids is 3. The molecule has 1 atom stereocenters. The van der Waals surface area contributed by atoms with Gasteiger partial charge in [-0.15, -0.1) is 0 Å². The van der Waals surface area contributed by atoms with Crippen LogP contribution in [0.4, 0.5) is 0 Å². The molecule has 0 spiro atoms. The van der Waals surface area contributed by atoms with Gasteiger partial charge in [0.15, 0.2) is 0 Å². The van der Waals surface area contributed by atoms with Crippen LogP contribution in [0.1, 0.15) is 48.9 Å². The van der Waals surface area contributed by atoms with E-state index in [1.807, 2.05) is 36.4 Å². The molecule has 2 heterocycles. The highest BCUT2D eigenvalue weighted by Crippen LogP contribution is 2.39. The van der Waals surface area contributed by atoms with Crippen molar-refractivity contribution >= 4 is 41.0 Å². The number of allylic oxidation sites excluding steroid dienone is 1. The molecule has 2 amide bonds. The zero-order valence-corrected chi connectivity index (χ0v) is 25.9. The first kappa shape index (κ1) is 30.8. The predicted octanol–water partition coefficient (Wildman–Crippen LogP) is 6.08. The maximum absolute atomic E-state index is 13.6. The summed E-state index contributed by atoms with van der Waals surface area (Å²) in [5.41, 5.74) is 3.88. The number of piperazine rings is 1. The van der Waals surface area contributed by atoms with Gasteiger partial charge in [0.25, 0.3) is 0 Å². The Morgan fingerprint density at radius 1 is 0.884 bits per heavy atom. The second-order valence-corrected chi connectivity index (χ2v) is 11.6. The van der Waals surface area contributed by atoms with E-state index in [9.17, 15) is 14.4 Å². The zero-order valence-electron chi connectivity index (χ0n) is 24.3. The molecule has 3 aromatic carbocycles. The summed E-state index contributed by atoms with van der Waals surface area (Å²) in [5, 5.41) is 0.725. The average molecular weight is 621 g/mol. The second kappa shape index (κ2) is 13.8. The molecule has 0 aromatic heterocycles. The highest BCUT2D eigenvalue weighted by atomic mass is 35.5. The molecule has 0 saturated carbocycles. The first-order chi connectivity index (χ1) is 20.8. The molecule has 1 unspecified atom stereocenters. The molecule has 7 nitrogen and oxygen atoms in total. The van der Waals surface area contributed by atoms with Crippen LogP contribution in [0.2, 0.25) is 10.0 Å². The van der Waals surface area contributed by atoms with Crippen LogP contribution in [0, 0.1) is 0 Å². The summed E-state index contributed by atoms with van der Waals surface area (Å²) in [4.78, 5) is 45.8. The van der Waals surface area contributed by atoms with Crippen LogP contribution in [0.3, 0.4) is 0 Å². The largest absolute Gasteiger partial charge is 0.463 e. The highest BCUT2D eigenvalue weighted by molar-refractivity contribution is 6.42. The first-order valence-corrected chi connectivity index (χ1v) is 15.3. The zero-order chi connectivity index (χ0) is 30.5. The maximum atomic E-state index is 13.6. The summed E-state index contributed by atoms with van der Waals surface area (Å²) in [6, 6.07) is 25.9. The number of hydrogen-bond donors (Lipinski definition) is 0. The Hall–Kier alpha value is -3.65. The number of rotatable bonds is 8. The summed E-state index contributed by atoms with van der Waals surface area (Å²) in [5.74, 6) is -1.45. The Morgan fingerprint density at radius 2 is 1.49 bits per heavy atom. The fraction of sp³-hybridized carbons (Fsp3) is 0.324. The van der Waals surface area contributed by atoms with Crippen LogP contribution < -0.4 is 0 Å². The monoisotopic (exact) mass is 619 g/mol. The quantitative estimate of drug-likeness (QED) is 0.286. The minimum absolute atomic E-state index is 0.0142. The molecule has 5 rings (SSSR count). The first-order valence-electron chi connectivity index (χ1n) is 14.5. The van der Waals surface area contributed by atoms with E-state index in [1.54, 1.807) is 36.9 Å². The van der Waals surface area contributed by atoms with Crippen LogP contribution in [0.5, 0.6) is 0 Å². The van der Waals surface area contributed by atoms with Gasteiger partial charge in [-0.05, 0) is 42.7 Å². The van der Waals surface area contributed by atoms with Gasteiger partial charge < -0.3 is 14.5 Å². The number of nitrogens with zero attached hydrogens (tertiary/aromatic N) is 3. The molecule has 1 fully saturated rings. The molecule has 2 aliphatic rings. The standard InChI is InChI=1S/C34H35Cl2N3O4/c1-3-43-34(42)32-23(2)39(30(40)21-27(32)26-14-15-28(35)29(36)20-26)22-31(41)37-16-18-38(19-17-37)33(24-10-6-4-7-11-24)25-12-8-5-9-13-25/h4-15,20,27,33H,3,16-19,21-22H2,1-2H3. The van der Waals surface area contributed by atoms with Gasteiger partial charge in [-0.2, -0.15) is 0 Å². The van der Waals surface area contributed by atoms with E-state index in [-0.39, 0.29) is 37.4 Å². The Balaban J connectivity index is 1.32. The van der Waals surface area contributed by atoms with Gasteiger partial charge in [0.1, 0.15) is 6.54 Å². The summed E-state index contributed by atoms with van der Waals surface area (Å²) in [6.45, 7) is 5.94. The molecule has 224 valence electrons. The lowest BCUT2D eigenvalue weighted by atomic mass is 9.83. The van der Waals surface area contributed by atoms with E-state index in [4.69, 9.17) is 27.9 Å². The predicted molar refractivity (Wildman–Crippen MR) is 168 cm³/mol. The summed E-state index contributed by atoms with van der Waals surface area (Å²) in [7, 11) is 0. The molecule has 9 heteroatoms. The third-order valence-corrected chi connectivity index (χ3v) is 8.96. The van der Waals surface area contributed by atoms with Crippen LogP contribution in [0.25, 0.3) is 0 Å². The van der Waals surface area contributed by atoms with Crippen molar-refractivity contribution in [1.29, 1.82) is 0 Å². The van der Waals surface area contributed by atoms with E-state index < -0.39 is 11.9 Å². The Labute approximate surface area is 262 Å². The molecule has 0 radical (unpaired) electrons. The topological polar surface area (TPSA) is 70.2 Å². The van der Waals surface area contributed by atoms with E-state index in [0.717, 1.165) is 0 Å². The van der Waals surface area contributed by atoms with Crippen LogP contribution in [-0.2, 0) is 19.1 Å². The third kappa shape index (κ3) is 6.80. The van der Waals surface area contributed by atoms with Crippen molar-refractivity contribution < 1.29 is 19.1 Å². The lowest BCUT2D eigenvalue weighted by Crippen LogP contribution is -2.53. The lowest BCUT2D eigenvalue weighted by molar-refractivity contribution is -0.143. The van der Waals surface area contributed by atoms with Gasteiger partial charge >= 0.3 is 5.97 Å². The Kier molecular flexibility index (Phi) is 9.86. The number of carbonyl (C=O) groups is 3. The SMILES string of the molecule is CCOC(=O)C1=C(C)N(CC(=O)N2CCN(C(c3ccccc3)c3ccccc3)CC2)C(=O)CC1c1ccc(Cl)c(Cl)c1. The van der Waals surface area contributed by atoms with Gasteiger partial charge in [-0.25, -0.2) is 4.79 Å². The molecular weight excluding hydrogens is 585 g/mol. The van der Waals surface area contributed by atoms with E-state index in [0.29, 0.717) is 53.1 Å². The van der Waals surface area contributed by atoms with Crippen molar-refractivity contribution in [2.45, 2.75) is 32.2 Å². The van der Waals surface area contributed by atoms with Gasteiger partial charge in [0.2, 0.25) is 11.8 Å². The van der Waals surface area contributed by atoms with Crippen molar-refractivity contribution in [3.63, 3.8) is 0 Å². The number of ether oxygens (including phenoxy) is 1. The molecular formula is C34H35Cl2N3O4. The van der Waals surface area contributed by atoms with E-state index >= 15 is 0 Å². The van der Waals surface area contributed by atoms with Crippen molar-refractivity contribution in [2.75, 3.05) is 39.3 Å². The fourth-order valence-electron chi connectivity index (χ4n) is 6.04. The molecule has 43 heavy (non-hydrogen) atoms. The van der Waals surface area contributed by atoms with Gasteiger partial charge in [-0.1, -0.05) is 89.9 Å². The maximum Gasteiger partial charge on any atom is 0.336 e. The Bertz CT molecular complexity index is 1470. The summed E-state index contributed by atoms with van der Waals surface area (Å²) in [6.07, 6.45) is 0.0142. The van der Waals surface area contributed by atoms with Gasteiger partial charge in [0, 0.05) is 44.2 Å². The summed E-state index contributed by atoms with van der Waals surface area (Å²) >= 11 is 12.4. The Morgan fingerprint density at radius 3 is 2.05 bits per heavy atom. The van der Waals surface area contributed by atoms with Crippen molar-refractivity contribution in [3.8, 4) is 0 Å². The highest BCUT2D eigenvalue weighted by Gasteiger charge is 2.38. The average Bonchev–Trinajstić information content (AvgIpc) is 3.02. The van der Waals surface area contributed by atoms with Crippen molar-refractivity contribution in [1.82, 2.24) is 14.7 Å². The third-order valence-electron chi connectivity index (χ3n) is 8.22. The molecule has 1 saturated heterocycles. The number of hydrogen-bond acceptors (Lipinski definition) is 5. The lowest BCUT2D eigenvalue weighted by Gasteiger charge is -2.41.